The van der Waals surface area contributed by atoms with Crippen molar-refractivity contribution in [2.45, 2.75) is 12.3 Å². The Morgan fingerprint density at radius 3 is 2.69 bits per heavy atom. The summed E-state index contributed by atoms with van der Waals surface area (Å²) in [6, 6.07) is 15.7. The Morgan fingerprint density at radius 2 is 1.84 bits per heavy atom. The Hall–Kier alpha value is -4.39. The third-order valence-corrected chi connectivity index (χ3v) is 5.75. The molecular formula is C25H15NO6. The van der Waals surface area contributed by atoms with Gasteiger partial charge in [0, 0.05) is 28.6 Å². The molecule has 0 amide bonds. The smallest absolute Gasteiger partial charge is 0.312 e. The molecule has 6 rings (SSSR count). The van der Waals surface area contributed by atoms with Gasteiger partial charge in [-0.05, 0) is 41.8 Å². The number of pyridine rings is 1. The van der Waals surface area contributed by atoms with Crippen LogP contribution in [0.4, 0.5) is 0 Å². The highest BCUT2D eigenvalue weighted by Gasteiger charge is 2.39. The zero-order valence-electron chi connectivity index (χ0n) is 16.6. The fourth-order valence-corrected chi connectivity index (χ4v) is 4.30. The van der Waals surface area contributed by atoms with E-state index in [1.807, 2.05) is 24.3 Å². The summed E-state index contributed by atoms with van der Waals surface area (Å²) in [6.45, 7) is 0. The van der Waals surface area contributed by atoms with E-state index in [1.54, 1.807) is 30.3 Å². The molecule has 2 aliphatic heterocycles. The number of ether oxygens (including phenoxy) is 2. The molecule has 2 aliphatic rings. The quantitative estimate of drug-likeness (QED) is 0.294. The summed E-state index contributed by atoms with van der Waals surface area (Å²) < 4.78 is 16.7. The topological polar surface area (TPSA) is 98.6 Å². The van der Waals surface area contributed by atoms with Crippen LogP contribution in [0.3, 0.4) is 0 Å². The maximum Gasteiger partial charge on any atom is 0.312 e. The molecule has 2 aromatic heterocycles. The summed E-state index contributed by atoms with van der Waals surface area (Å²) in [6.07, 6.45) is 2.98. The highest BCUT2D eigenvalue weighted by Crippen LogP contribution is 2.48. The third kappa shape index (κ3) is 2.79. The number of Topliss-reactive ketones (excluding diaryl/α,β-unsaturated/α-hetero) is 1. The molecule has 1 N–H and O–H groups in total. The van der Waals surface area contributed by atoms with Crippen molar-refractivity contribution < 1.29 is 23.5 Å². The SMILES string of the molecule is O=C1C[C@@H](c2cc3ccccc3[nH]c2=O)c2c(ccc3c2O/C(=C\c2ccco2)C3=O)O1. The van der Waals surface area contributed by atoms with Crippen molar-refractivity contribution in [2.75, 3.05) is 0 Å². The molecule has 7 nitrogen and oxygen atoms in total. The van der Waals surface area contributed by atoms with Crippen molar-refractivity contribution in [3.8, 4) is 11.5 Å². The largest absolute Gasteiger partial charge is 0.465 e. The summed E-state index contributed by atoms with van der Waals surface area (Å²) in [5, 5.41) is 0.838. The average Bonchev–Trinajstić information content (AvgIpc) is 3.41. The van der Waals surface area contributed by atoms with Crippen LogP contribution in [0.2, 0.25) is 0 Å². The molecule has 0 bridgehead atoms. The van der Waals surface area contributed by atoms with Gasteiger partial charge in [-0.2, -0.15) is 0 Å². The summed E-state index contributed by atoms with van der Waals surface area (Å²) >= 11 is 0. The standard InChI is InChI=1S/C25H15NO6/c27-21-12-16(17-10-13-4-1-2-6-18(13)26-25(17)29)22-19(31-21)8-7-15-23(28)20(32-24(15)22)11-14-5-3-9-30-14/h1-11,16H,12H2,(H,26,29)/b20-11-/t16-/m0/s1. The lowest BCUT2D eigenvalue weighted by molar-refractivity contribution is -0.135. The maximum absolute atomic E-state index is 13.0. The van der Waals surface area contributed by atoms with E-state index in [0.29, 0.717) is 33.7 Å². The number of hydrogen-bond donors (Lipinski definition) is 1. The number of aromatic amines is 1. The van der Waals surface area contributed by atoms with Crippen LogP contribution in [-0.4, -0.2) is 16.7 Å². The zero-order valence-corrected chi connectivity index (χ0v) is 16.6. The van der Waals surface area contributed by atoms with Gasteiger partial charge >= 0.3 is 5.97 Å². The molecule has 4 aromatic rings. The molecule has 0 saturated heterocycles. The molecule has 156 valence electrons. The molecule has 4 heterocycles. The van der Waals surface area contributed by atoms with Gasteiger partial charge in [-0.3, -0.25) is 14.4 Å². The Labute approximate surface area is 180 Å². The van der Waals surface area contributed by atoms with E-state index in [-0.39, 0.29) is 29.3 Å². The second-order valence-electron chi connectivity index (χ2n) is 7.68. The molecule has 7 heteroatoms. The first-order valence-electron chi connectivity index (χ1n) is 10.1. The lowest BCUT2D eigenvalue weighted by Crippen LogP contribution is -2.26. The summed E-state index contributed by atoms with van der Waals surface area (Å²) in [5.74, 6) is -0.214. The number of benzene rings is 2. The van der Waals surface area contributed by atoms with Gasteiger partial charge in [0.05, 0.1) is 18.2 Å². The van der Waals surface area contributed by atoms with E-state index >= 15 is 0 Å². The van der Waals surface area contributed by atoms with Crippen molar-refractivity contribution in [2.24, 2.45) is 0 Å². The number of carbonyl (C=O) groups is 2. The number of rotatable bonds is 2. The van der Waals surface area contributed by atoms with Gasteiger partial charge in [0.25, 0.3) is 5.56 Å². The molecule has 0 aliphatic carbocycles. The number of fused-ring (bicyclic) bond motifs is 4. The number of para-hydroxylation sites is 1. The fourth-order valence-electron chi connectivity index (χ4n) is 4.30. The predicted octanol–water partition coefficient (Wildman–Crippen LogP) is 4.18. The number of allylic oxidation sites excluding steroid dienone is 1. The number of aromatic nitrogens is 1. The Morgan fingerprint density at radius 1 is 0.969 bits per heavy atom. The van der Waals surface area contributed by atoms with Crippen LogP contribution in [0.5, 0.6) is 11.5 Å². The van der Waals surface area contributed by atoms with Gasteiger partial charge in [-0.1, -0.05) is 18.2 Å². The van der Waals surface area contributed by atoms with Crippen LogP contribution in [-0.2, 0) is 4.79 Å². The molecule has 0 fully saturated rings. The molecule has 1 atom stereocenters. The minimum Gasteiger partial charge on any atom is -0.465 e. The monoisotopic (exact) mass is 425 g/mol. The number of hydrogen-bond acceptors (Lipinski definition) is 6. The van der Waals surface area contributed by atoms with E-state index < -0.39 is 11.9 Å². The summed E-state index contributed by atoms with van der Waals surface area (Å²) in [5.41, 5.74) is 1.67. The van der Waals surface area contributed by atoms with Gasteiger partial charge in [-0.25, -0.2) is 0 Å². The minimum absolute atomic E-state index is 0.0420. The fraction of sp³-hybridized carbons (Fsp3) is 0.0800. The predicted molar refractivity (Wildman–Crippen MR) is 115 cm³/mol. The van der Waals surface area contributed by atoms with Crippen LogP contribution in [0.1, 0.15) is 39.6 Å². The van der Waals surface area contributed by atoms with Gasteiger partial charge in [0.15, 0.2) is 5.76 Å². The first kappa shape index (κ1) is 18.4. The third-order valence-electron chi connectivity index (χ3n) is 5.75. The van der Waals surface area contributed by atoms with Crippen LogP contribution >= 0.6 is 0 Å². The van der Waals surface area contributed by atoms with Crippen LogP contribution in [0.15, 0.2) is 75.8 Å². The number of carbonyl (C=O) groups excluding carboxylic acids is 2. The van der Waals surface area contributed by atoms with E-state index in [4.69, 9.17) is 13.9 Å². The molecular weight excluding hydrogens is 410 g/mol. The lowest BCUT2D eigenvalue weighted by Gasteiger charge is -2.26. The second-order valence-corrected chi connectivity index (χ2v) is 7.68. The number of esters is 1. The first-order chi connectivity index (χ1) is 15.6. The highest BCUT2D eigenvalue weighted by molar-refractivity contribution is 6.15. The van der Waals surface area contributed by atoms with E-state index in [2.05, 4.69) is 4.98 Å². The number of nitrogens with one attached hydrogen (secondary N) is 1. The Bertz CT molecular complexity index is 1510. The Balaban J connectivity index is 1.53. The molecule has 2 aromatic carbocycles. The number of ketones is 1. The molecule has 32 heavy (non-hydrogen) atoms. The number of furan rings is 1. The van der Waals surface area contributed by atoms with E-state index in [1.165, 1.54) is 12.3 Å². The molecule has 0 radical (unpaired) electrons. The Kier molecular flexibility index (Phi) is 3.91. The highest BCUT2D eigenvalue weighted by atomic mass is 16.5. The molecule has 0 saturated carbocycles. The van der Waals surface area contributed by atoms with Crippen molar-refractivity contribution in [3.05, 3.63) is 99.4 Å². The molecule has 0 unspecified atom stereocenters. The van der Waals surface area contributed by atoms with Gasteiger partial charge in [0.1, 0.15) is 17.3 Å². The first-order valence-corrected chi connectivity index (χ1v) is 10.1. The van der Waals surface area contributed by atoms with Crippen molar-refractivity contribution in [3.63, 3.8) is 0 Å². The van der Waals surface area contributed by atoms with Crippen LogP contribution in [0.25, 0.3) is 17.0 Å². The average molecular weight is 425 g/mol. The maximum atomic E-state index is 13.0. The van der Waals surface area contributed by atoms with Gasteiger partial charge in [0.2, 0.25) is 5.78 Å². The second kappa shape index (κ2) is 6.81. The molecule has 0 spiro atoms. The van der Waals surface area contributed by atoms with Gasteiger partial charge in [-0.15, -0.1) is 0 Å². The normalized spacial score (nSPS) is 18.4. The summed E-state index contributed by atoms with van der Waals surface area (Å²) in [7, 11) is 0. The van der Waals surface area contributed by atoms with Crippen molar-refractivity contribution in [1.82, 2.24) is 4.98 Å². The zero-order chi connectivity index (χ0) is 21.8. The summed E-state index contributed by atoms with van der Waals surface area (Å²) in [4.78, 5) is 41.1. The van der Waals surface area contributed by atoms with Crippen LogP contribution < -0.4 is 15.0 Å². The minimum atomic E-state index is -0.620. The number of H-pyrrole nitrogens is 1. The van der Waals surface area contributed by atoms with Crippen molar-refractivity contribution in [1.29, 1.82) is 0 Å². The van der Waals surface area contributed by atoms with E-state index in [0.717, 1.165) is 5.39 Å². The van der Waals surface area contributed by atoms with E-state index in [9.17, 15) is 14.4 Å². The lowest BCUT2D eigenvalue weighted by atomic mass is 9.85. The van der Waals surface area contributed by atoms with Crippen LogP contribution in [0, 0.1) is 0 Å². The van der Waals surface area contributed by atoms with Crippen molar-refractivity contribution >= 4 is 28.7 Å². The van der Waals surface area contributed by atoms with Gasteiger partial charge < -0.3 is 18.9 Å².